The van der Waals surface area contributed by atoms with Gasteiger partial charge in [-0.3, -0.25) is 4.79 Å². The Labute approximate surface area is 190 Å². The van der Waals surface area contributed by atoms with E-state index >= 15 is 0 Å². The lowest BCUT2D eigenvalue weighted by molar-refractivity contribution is 0.0956. The van der Waals surface area contributed by atoms with Crippen LogP contribution in [0.5, 0.6) is 0 Å². The van der Waals surface area contributed by atoms with Crippen LogP contribution in [-0.2, 0) is 0 Å². The first kappa shape index (κ1) is 20.9. The number of amides is 1. The third kappa shape index (κ3) is 4.11. The molecule has 31 heavy (non-hydrogen) atoms. The monoisotopic (exact) mass is 434 g/mol. The fraction of sp³-hybridized carbons (Fsp3) is 0.519. The number of rotatable bonds is 5. The van der Waals surface area contributed by atoms with Gasteiger partial charge in [0.15, 0.2) is 0 Å². The average molecular weight is 435 g/mol. The fourth-order valence-corrected chi connectivity index (χ4v) is 7.06. The molecular weight excluding hydrogens is 400 g/mol. The van der Waals surface area contributed by atoms with Gasteiger partial charge in [0, 0.05) is 28.3 Å². The van der Waals surface area contributed by atoms with E-state index in [1.165, 1.54) is 36.1 Å². The molecule has 0 saturated heterocycles. The van der Waals surface area contributed by atoms with E-state index in [2.05, 4.69) is 73.9 Å². The predicted molar refractivity (Wildman–Crippen MR) is 131 cm³/mol. The third-order valence-corrected chi connectivity index (χ3v) is 8.71. The van der Waals surface area contributed by atoms with Gasteiger partial charge in [-0.25, -0.2) is 0 Å². The summed E-state index contributed by atoms with van der Waals surface area (Å²) in [6.07, 6.45) is 4.05. The molecule has 1 amide bonds. The first-order valence-corrected chi connectivity index (χ1v) is 12.8. The molecule has 0 spiro atoms. The predicted octanol–water partition coefficient (Wildman–Crippen LogP) is 6.24. The summed E-state index contributed by atoms with van der Waals surface area (Å²) in [7, 11) is 0. The summed E-state index contributed by atoms with van der Waals surface area (Å²) in [5, 5.41) is 7.00. The fourth-order valence-electron chi connectivity index (χ4n) is 6.24. The molecule has 2 aromatic carbocycles. The van der Waals surface area contributed by atoms with Crippen LogP contribution in [0.2, 0.25) is 0 Å². The van der Waals surface area contributed by atoms with Crippen molar-refractivity contribution < 1.29 is 4.79 Å². The van der Waals surface area contributed by atoms with E-state index in [1.807, 2.05) is 17.8 Å². The second kappa shape index (κ2) is 8.20. The summed E-state index contributed by atoms with van der Waals surface area (Å²) in [5.41, 5.74) is 4.80. The Balaban J connectivity index is 1.38. The normalized spacial score (nSPS) is 28.5. The molecule has 0 unspecified atom stereocenters. The molecular formula is C27H34N2OS. The number of carbonyl (C=O) groups excluding carboxylic acids is 1. The first-order chi connectivity index (χ1) is 14.9. The Hall–Kier alpha value is -1.94. The highest BCUT2D eigenvalue weighted by molar-refractivity contribution is 8.00. The maximum atomic E-state index is 12.9. The molecule has 164 valence electrons. The summed E-state index contributed by atoms with van der Waals surface area (Å²) in [4.78, 5) is 12.9. The number of nitrogens with one attached hydrogen (secondary N) is 2. The van der Waals surface area contributed by atoms with Crippen molar-refractivity contribution in [1.82, 2.24) is 5.32 Å². The largest absolute Gasteiger partial charge is 0.378 e. The highest BCUT2D eigenvalue weighted by atomic mass is 32.2. The van der Waals surface area contributed by atoms with Gasteiger partial charge >= 0.3 is 0 Å². The molecule has 5 atom stereocenters. The maximum Gasteiger partial charge on any atom is 0.251 e. The number of benzene rings is 2. The van der Waals surface area contributed by atoms with Crippen LogP contribution in [-0.4, -0.2) is 23.0 Å². The van der Waals surface area contributed by atoms with E-state index in [4.69, 9.17) is 0 Å². The lowest BCUT2D eigenvalue weighted by Gasteiger charge is -2.43. The molecule has 0 aromatic heterocycles. The van der Waals surface area contributed by atoms with Crippen molar-refractivity contribution in [1.29, 1.82) is 0 Å². The van der Waals surface area contributed by atoms with Gasteiger partial charge in [-0.1, -0.05) is 51.1 Å². The Morgan fingerprint density at radius 2 is 1.87 bits per heavy atom. The molecule has 4 heteroatoms. The maximum absolute atomic E-state index is 12.9. The molecule has 2 bridgehead atoms. The van der Waals surface area contributed by atoms with Crippen molar-refractivity contribution >= 4 is 23.4 Å². The molecule has 3 aliphatic rings. The second-order valence-electron chi connectivity index (χ2n) is 10.5. The summed E-state index contributed by atoms with van der Waals surface area (Å²) >= 11 is 1.89. The number of hydrogen-bond donors (Lipinski definition) is 2. The van der Waals surface area contributed by atoms with Crippen molar-refractivity contribution in [3.8, 4) is 0 Å². The number of fused-ring (bicyclic) bond motifs is 7. The van der Waals surface area contributed by atoms with Crippen LogP contribution in [0.25, 0.3) is 0 Å². The summed E-state index contributed by atoms with van der Waals surface area (Å²) < 4.78 is 0.230. The van der Waals surface area contributed by atoms with E-state index in [9.17, 15) is 4.79 Å². The van der Waals surface area contributed by atoms with Gasteiger partial charge in [0.1, 0.15) is 0 Å². The topological polar surface area (TPSA) is 41.1 Å². The SMILES string of the molecule is CC(C)(C)SCCNC(=O)c1ccc2c(c1)[C@@H]1[C@H]3CC[C@@H](C3)[C@@H]1[C@H](c1ccccc1)N2. The molecule has 1 heterocycles. The quantitative estimate of drug-likeness (QED) is 0.547. The van der Waals surface area contributed by atoms with Crippen molar-refractivity contribution in [2.75, 3.05) is 17.6 Å². The van der Waals surface area contributed by atoms with Gasteiger partial charge in [0.2, 0.25) is 0 Å². The lowest BCUT2D eigenvalue weighted by atomic mass is 9.68. The Morgan fingerprint density at radius 1 is 1.10 bits per heavy atom. The molecule has 0 radical (unpaired) electrons. The number of carbonyl (C=O) groups is 1. The standard InChI is InChI=1S/C27H34N2OS/c1-27(2,3)31-14-13-28-26(30)20-11-12-22-21(16-20)23-18-9-10-19(15-18)24(23)25(29-22)17-7-5-4-6-8-17/h4-8,11-12,16,18-19,23-25,29H,9-10,13-15H2,1-3H3,(H,28,30)/t18-,19-,23-,24-,25-/m0/s1. The average Bonchev–Trinajstić information content (AvgIpc) is 3.38. The minimum Gasteiger partial charge on any atom is -0.378 e. The van der Waals surface area contributed by atoms with Crippen LogP contribution in [0, 0.1) is 17.8 Å². The molecule has 2 fully saturated rings. The molecule has 2 aromatic rings. The van der Waals surface area contributed by atoms with Crippen LogP contribution < -0.4 is 10.6 Å². The van der Waals surface area contributed by atoms with Crippen LogP contribution in [0.4, 0.5) is 5.69 Å². The molecule has 3 nitrogen and oxygen atoms in total. The zero-order chi connectivity index (χ0) is 21.6. The van der Waals surface area contributed by atoms with Crippen LogP contribution in [0.1, 0.15) is 73.5 Å². The summed E-state index contributed by atoms with van der Waals surface area (Å²) in [6, 6.07) is 17.6. The van der Waals surface area contributed by atoms with Crippen LogP contribution in [0.3, 0.4) is 0 Å². The highest BCUT2D eigenvalue weighted by Crippen LogP contribution is 2.63. The zero-order valence-electron chi connectivity index (χ0n) is 18.9. The Kier molecular flexibility index (Phi) is 5.54. The van der Waals surface area contributed by atoms with Gasteiger partial charge in [0.05, 0.1) is 6.04 Å². The summed E-state index contributed by atoms with van der Waals surface area (Å²) in [5.74, 6) is 3.77. The molecule has 2 N–H and O–H groups in total. The van der Waals surface area contributed by atoms with Crippen molar-refractivity contribution in [3.05, 3.63) is 65.2 Å². The Bertz CT molecular complexity index is 951. The minimum absolute atomic E-state index is 0.0576. The first-order valence-electron chi connectivity index (χ1n) is 11.8. The van der Waals surface area contributed by atoms with Gasteiger partial charge in [-0.05, 0) is 72.3 Å². The zero-order valence-corrected chi connectivity index (χ0v) is 19.7. The van der Waals surface area contributed by atoms with Crippen molar-refractivity contribution in [2.45, 2.75) is 56.7 Å². The van der Waals surface area contributed by atoms with Gasteiger partial charge in [-0.15, -0.1) is 0 Å². The second-order valence-corrected chi connectivity index (χ2v) is 12.4. The van der Waals surface area contributed by atoms with Gasteiger partial charge in [0.25, 0.3) is 5.91 Å². The molecule has 2 aliphatic carbocycles. The molecule has 5 rings (SSSR count). The van der Waals surface area contributed by atoms with Crippen molar-refractivity contribution in [2.24, 2.45) is 17.8 Å². The lowest BCUT2D eigenvalue weighted by Crippen LogP contribution is -2.36. The van der Waals surface area contributed by atoms with E-state index in [0.717, 1.165) is 23.2 Å². The van der Waals surface area contributed by atoms with Crippen LogP contribution >= 0.6 is 11.8 Å². The number of hydrogen-bond acceptors (Lipinski definition) is 3. The van der Waals surface area contributed by atoms with E-state index in [0.29, 0.717) is 24.4 Å². The number of thioether (sulfide) groups is 1. The number of anilines is 1. The third-order valence-electron chi connectivity index (χ3n) is 7.43. The minimum atomic E-state index is 0.0576. The van der Waals surface area contributed by atoms with E-state index < -0.39 is 0 Å². The summed E-state index contributed by atoms with van der Waals surface area (Å²) in [6.45, 7) is 7.35. The van der Waals surface area contributed by atoms with Crippen LogP contribution in [0.15, 0.2) is 48.5 Å². The van der Waals surface area contributed by atoms with E-state index in [-0.39, 0.29) is 10.7 Å². The smallest absolute Gasteiger partial charge is 0.251 e. The highest BCUT2D eigenvalue weighted by Gasteiger charge is 2.53. The van der Waals surface area contributed by atoms with E-state index in [1.54, 1.807) is 0 Å². The molecule has 2 saturated carbocycles. The molecule has 1 aliphatic heterocycles. The van der Waals surface area contributed by atoms with Gasteiger partial charge in [-0.2, -0.15) is 11.8 Å². The van der Waals surface area contributed by atoms with Crippen molar-refractivity contribution in [3.63, 3.8) is 0 Å². The Morgan fingerprint density at radius 3 is 2.65 bits per heavy atom. The van der Waals surface area contributed by atoms with Gasteiger partial charge < -0.3 is 10.6 Å².